The molecule has 7 heteroatoms. The molecule has 3 aliphatic rings. The summed E-state index contributed by atoms with van der Waals surface area (Å²) in [6.45, 7) is 5.63. The highest BCUT2D eigenvalue weighted by molar-refractivity contribution is 5.26. The molecule has 2 heterocycles. The molecular formula is C16H26O7. The predicted molar refractivity (Wildman–Crippen MR) is 79.5 cm³/mol. The van der Waals surface area contributed by atoms with E-state index in [1.54, 1.807) is 0 Å². The maximum absolute atomic E-state index is 10.1. The second kappa shape index (κ2) is 6.07. The van der Waals surface area contributed by atoms with Gasteiger partial charge in [0.2, 0.25) is 0 Å². The molecule has 0 radical (unpaired) electrons. The van der Waals surface area contributed by atoms with Gasteiger partial charge in [-0.1, -0.05) is 25.5 Å². The Morgan fingerprint density at radius 2 is 1.96 bits per heavy atom. The Morgan fingerprint density at radius 1 is 1.26 bits per heavy atom. The van der Waals surface area contributed by atoms with Gasteiger partial charge in [0.05, 0.1) is 12.7 Å². The van der Waals surface area contributed by atoms with Gasteiger partial charge in [0.1, 0.15) is 36.1 Å². The molecule has 0 amide bonds. The minimum absolute atomic E-state index is 0.0855. The molecule has 4 N–H and O–H groups in total. The fourth-order valence-corrected chi connectivity index (χ4v) is 3.72. The normalized spacial score (nSPS) is 49.7. The van der Waals surface area contributed by atoms with Crippen LogP contribution in [0.2, 0.25) is 0 Å². The van der Waals surface area contributed by atoms with Crippen molar-refractivity contribution in [3.8, 4) is 0 Å². The monoisotopic (exact) mass is 330 g/mol. The summed E-state index contributed by atoms with van der Waals surface area (Å²) in [5.41, 5.74) is 0.691. The summed E-state index contributed by atoms with van der Waals surface area (Å²) < 4.78 is 17.3. The Balaban J connectivity index is 1.78. The summed E-state index contributed by atoms with van der Waals surface area (Å²) in [5.74, 6) is 0.215. The third-order valence-corrected chi connectivity index (χ3v) is 5.21. The van der Waals surface area contributed by atoms with E-state index in [1.807, 2.05) is 13.0 Å². The minimum Gasteiger partial charge on any atom is -0.394 e. The molecule has 0 bridgehead atoms. The number of aliphatic hydroxyl groups excluding tert-OH is 4. The highest BCUT2D eigenvalue weighted by Gasteiger charge is 2.65. The summed E-state index contributed by atoms with van der Waals surface area (Å²) in [6, 6.07) is 0. The van der Waals surface area contributed by atoms with Crippen molar-refractivity contribution in [2.24, 2.45) is 5.92 Å². The molecule has 0 spiro atoms. The molecule has 23 heavy (non-hydrogen) atoms. The number of epoxide rings is 1. The lowest BCUT2D eigenvalue weighted by Gasteiger charge is -2.42. The SMILES string of the molecule is CC1=CC(OC2OC(CO)C(O)C(O)C2O)C2(C(C)C)OC2C1. The molecule has 132 valence electrons. The van der Waals surface area contributed by atoms with Crippen LogP contribution in [0.1, 0.15) is 27.2 Å². The van der Waals surface area contributed by atoms with Crippen molar-refractivity contribution >= 4 is 0 Å². The van der Waals surface area contributed by atoms with Gasteiger partial charge < -0.3 is 34.6 Å². The molecular weight excluding hydrogens is 304 g/mol. The highest BCUT2D eigenvalue weighted by Crippen LogP contribution is 2.53. The molecule has 0 aromatic rings. The van der Waals surface area contributed by atoms with Gasteiger partial charge in [0, 0.05) is 0 Å². The molecule has 3 rings (SSSR count). The second-order valence-corrected chi connectivity index (χ2v) is 7.09. The second-order valence-electron chi connectivity index (χ2n) is 7.09. The van der Waals surface area contributed by atoms with Crippen LogP contribution < -0.4 is 0 Å². The average Bonchev–Trinajstić information content (AvgIpc) is 3.23. The third kappa shape index (κ3) is 2.74. The van der Waals surface area contributed by atoms with Crippen LogP contribution in [0.3, 0.4) is 0 Å². The van der Waals surface area contributed by atoms with Crippen LogP contribution in [0.25, 0.3) is 0 Å². The number of rotatable bonds is 4. The zero-order valence-corrected chi connectivity index (χ0v) is 13.6. The van der Waals surface area contributed by atoms with Crippen LogP contribution in [0.5, 0.6) is 0 Å². The molecule has 8 unspecified atom stereocenters. The molecule has 1 aliphatic carbocycles. The van der Waals surface area contributed by atoms with E-state index >= 15 is 0 Å². The van der Waals surface area contributed by atoms with Crippen LogP contribution in [-0.2, 0) is 14.2 Å². The van der Waals surface area contributed by atoms with Gasteiger partial charge in [-0.05, 0) is 19.3 Å². The largest absolute Gasteiger partial charge is 0.394 e. The topological polar surface area (TPSA) is 112 Å². The highest BCUT2D eigenvalue weighted by atomic mass is 16.7. The van der Waals surface area contributed by atoms with E-state index in [2.05, 4.69) is 13.8 Å². The van der Waals surface area contributed by atoms with Crippen molar-refractivity contribution in [1.29, 1.82) is 0 Å². The zero-order valence-electron chi connectivity index (χ0n) is 13.6. The fraction of sp³-hybridized carbons (Fsp3) is 0.875. The van der Waals surface area contributed by atoms with Gasteiger partial charge in [0.15, 0.2) is 6.29 Å². The molecule has 0 saturated carbocycles. The van der Waals surface area contributed by atoms with E-state index in [4.69, 9.17) is 14.2 Å². The Morgan fingerprint density at radius 3 is 2.57 bits per heavy atom. The van der Waals surface area contributed by atoms with E-state index in [0.29, 0.717) is 0 Å². The minimum atomic E-state index is -1.44. The van der Waals surface area contributed by atoms with Crippen molar-refractivity contribution < 1.29 is 34.6 Å². The Kier molecular flexibility index (Phi) is 4.57. The van der Waals surface area contributed by atoms with E-state index in [-0.39, 0.29) is 12.0 Å². The van der Waals surface area contributed by atoms with Crippen molar-refractivity contribution in [2.45, 2.75) is 75.7 Å². The average molecular weight is 330 g/mol. The molecule has 0 aromatic heterocycles. The van der Waals surface area contributed by atoms with Crippen molar-refractivity contribution in [3.05, 3.63) is 11.6 Å². The van der Waals surface area contributed by atoms with Gasteiger partial charge >= 0.3 is 0 Å². The molecule has 2 aliphatic heterocycles. The van der Waals surface area contributed by atoms with E-state index in [9.17, 15) is 20.4 Å². The van der Waals surface area contributed by atoms with Crippen LogP contribution in [0.15, 0.2) is 11.6 Å². The van der Waals surface area contributed by atoms with Crippen LogP contribution in [0, 0.1) is 5.92 Å². The molecule has 2 fully saturated rings. The Bertz CT molecular complexity index is 477. The number of fused-ring (bicyclic) bond motifs is 1. The van der Waals surface area contributed by atoms with Crippen molar-refractivity contribution in [1.82, 2.24) is 0 Å². The molecule has 8 atom stereocenters. The summed E-state index contributed by atoms with van der Waals surface area (Å²) in [6.07, 6.45) is -3.85. The Labute approximate surface area is 135 Å². The van der Waals surface area contributed by atoms with Gasteiger partial charge in [-0.3, -0.25) is 0 Å². The van der Waals surface area contributed by atoms with Gasteiger partial charge in [-0.25, -0.2) is 0 Å². The van der Waals surface area contributed by atoms with Gasteiger partial charge in [-0.15, -0.1) is 0 Å². The van der Waals surface area contributed by atoms with Gasteiger partial charge in [0.25, 0.3) is 0 Å². The zero-order chi connectivity index (χ0) is 16.9. The number of hydrogen-bond donors (Lipinski definition) is 4. The Hall–Kier alpha value is -0.540. The summed E-state index contributed by atoms with van der Waals surface area (Å²) in [4.78, 5) is 0. The maximum atomic E-state index is 10.1. The van der Waals surface area contributed by atoms with Crippen LogP contribution in [0.4, 0.5) is 0 Å². The quantitative estimate of drug-likeness (QED) is 0.399. The van der Waals surface area contributed by atoms with Crippen LogP contribution >= 0.6 is 0 Å². The first kappa shape index (κ1) is 17.3. The molecule has 0 aromatic carbocycles. The lowest BCUT2D eigenvalue weighted by atomic mass is 9.80. The first-order valence-corrected chi connectivity index (χ1v) is 8.12. The lowest BCUT2D eigenvalue weighted by Crippen LogP contribution is -2.60. The smallest absolute Gasteiger partial charge is 0.187 e. The van der Waals surface area contributed by atoms with E-state index < -0.39 is 49.0 Å². The number of hydrogen-bond acceptors (Lipinski definition) is 7. The summed E-state index contributed by atoms with van der Waals surface area (Å²) in [5, 5.41) is 39.1. The number of aliphatic hydroxyl groups is 4. The lowest BCUT2D eigenvalue weighted by molar-refractivity contribution is -0.312. The fourth-order valence-electron chi connectivity index (χ4n) is 3.72. The standard InChI is InChI=1S/C16H26O7/c1-7(2)16-10(4-8(3)5-11(16)23-16)22-15-14(20)13(19)12(18)9(6-17)21-15/h4,7,9-15,17-20H,5-6H2,1-3H3. The number of ether oxygens (including phenoxy) is 3. The van der Waals surface area contributed by atoms with Gasteiger partial charge in [-0.2, -0.15) is 0 Å². The first-order chi connectivity index (χ1) is 10.8. The molecule has 7 nitrogen and oxygen atoms in total. The first-order valence-electron chi connectivity index (χ1n) is 8.12. The maximum Gasteiger partial charge on any atom is 0.187 e. The van der Waals surface area contributed by atoms with Crippen molar-refractivity contribution in [2.75, 3.05) is 6.61 Å². The van der Waals surface area contributed by atoms with Crippen molar-refractivity contribution in [3.63, 3.8) is 0 Å². The third-order valence-electron chi connectivity index (χ3n) is 5.21. The summed E-state index contributed by atoms with van der Waals surface area (Å²) >= 11 is 0. The van der Waals surface area contributed by atoms with Crippen LogP contribution in [-0.4, -0.2) is 75.5 Å². The van der Waals surface area contributed by atoms with E-state index in [0.717, 1.165) is 12.0 Å². The predicted octanol–water partition coefficient (Wildman–Crippen LogP) is -0.685. The summed E-state index contributed by atoms with van der Waals surface area (Å²) in [7, 11) is 0. The van der Waals surface area contributed by atoms with E-state index in [1.165, 1.54) is 0 Å². The molecule has 2 saturated heterocycles.